The fourth-order valence-electron chi connectivity index (χ4n) is 2.68. The van der Waals surface area contributed by atoms with Gasteiger partial charge in [0, 0.05) is 31.2 Å². The summed E-state index contributed by atoms with van der Waals surface area (Å²) >= 11 is 12.4. The van der Waals surface area contributed by atoms with Gasteiger partial charge in [0.25, 0.3) is 0 Å². The first-order chi connectivity index (χ1) is 10.1. The maximum Gasteiger partial charge on any atom is 0.246 e. The third-order valence-electron chi connectivity index (χ3n) is 3.59. The van der Waals surface area contributed by atoms with E-state index in [1.165, 1.54) is 7.11 Å². The molecule has 1 heterocycles. The minimum Gasteiger partial charge on any atom is -0.380 e. The Hall–Kier alpha value is -1.15. The number of halogens is 2. The molecule has 0 saturated heterocycles. The molecule has 0 radical (unpaired) electrons. The Morgan fingerprint density at radius 3 is 2.76 bits per heavy atom. The Bertz CT molecular complexity index is 570. The molecule has 2 unspecified atom stereocenters. The highest BCUT2D eigenvalue weighted by molar-refractivity contribution is 6.35. The number of methoxy groups -OCH3 is 1. The maximum absolute atomic E-state index is 11.6. The fraction of sp³-hybridized carbons (Fsp3) is 0.533. The van der Waals surface area contributed by atoms with Gasteiger partial charge in [0.05, 0.1) is 10.7 Å². The van der Waals surface area contributed by atoms with Gasteiger partial charge in [-0.2, -0.15) is 0 Å². The molecule has 0 saturated carbocycles. The highest BCUT2D eigenvalue weighted by Crippen LogP contribution is 2.39. The van der Waals surface area contributed by atoms with Gasteiger partial charge in [0.2, 0.25) is 5.91 Å². The van der Waals surface area contributed by atoms with Gasteiger partial charge in [0.1, 0.15) is 11.6 Å². The van der Waals surface area contributed by atoms with Crippen molar-refractivity contribution in [1.29, 1.82) is 0 Å². The summed E-state index contributed by atoms with van der Waals surface area (Å²) < 4.78 is 4.82. The van der Waals surface area contributed by atoms with Crippen molar-refractivity contribution in [3.63, 3.8) is 0 Å². The smallest absolute Gasteiger partial charge is 0.246 e. The number of hydrogen-bond donors (Lipinski definition) is 2. The van der Waals surface area contributed by atoms with Crippen molar-refractivity contribution < 1.29 is 9.53 Å². The van der Waals surface area contributed by atoms with Crippen molar-refractivity contribution in [2.45, 2.75) is 25.8 Å². The molecule has 0 aromatic heterocycles. The van der Waals surface area contributed by atoms with E-state index in [-0.39, 0.29) is 24.5 Å². The zero-order valence-corrected chi connectivity index (χ0v) is 13.6. The van der Waals surface area contributed by atoms with Crippen molar-refractivity contribution in [2.75, 3.05) is 20.3 Å². The highest BCUT2D eigenvalue weighted by atomic mass is 35.5. The Morgan fingerprint density at radius 2 is 2.10 bits per heavy atom. The summed E-state index contributed by atoms with van der Waals surface area (Å²) in [5.41, 5.74) is 7.37. The number of hydrogen-bond acceptors (Lipinski definition) is 3. The van der Waals surface area contributed by atoms with Crippen molar-refractivity contribution in [3.8, 4) is 0 Å². The van der Waals surface area contributed by atoms with E-state index in [4.69, 9.17) is 27.9 Å². The molecule has 2 rings (SSSR count). The molecule has 2 N–H and O–H groups in total. The van der Waals surface area contributed by atoms with Crippen molar-refractivity contribution in [1.82, 2.24) is 10.6 Å². The molecule has 21 heavy (non-hydrogen) atoms. The molecular weight excluding hydrogens is 311 g/mol. The van der Waals surface area contributed by atoms with Crippen LogP contribution in [0.3, 0.4) is 0 Å². The molecule has 1 aliphatic carbocycles. The first-order valence-electron chi connectivity index (χ1n) is 6.92. The molecule has 2 atom stereocenters. The van der Waals surface area contributed by atoms with Gasteiger partial charge >= 0.3 is 0 Å². The molecule has 0 bridgehead atoms. The lowest BCUT2D eigenvalue weighted by atomic mass is 9.90. The third kappa shape index (κ3) is 3.55. The number of amides is 1. The van der Waals surface area contributed by atoms with Gasteiger partial charge in [-0.15, -0.1) is 0 Å². The molecule has 114 valence electrons. The molecule has 0 fully saturated rings. The first-order valence-corrected chi connectivity index (χ1v) is 7.68. The Balaban J connectivity index is 2.17. The van der Waals surface area contributed by atoms with Gasteiger partial charge < -0.3 is 15.4 Å². The number of ether oxygens (including phenoxy) is 1. The van der Waals surface area contributed by atoms with E-state index in [2.05, 4.69) is 29.0 Å². The number of carbonyl (C=O) groups excluding carboxylic acids is 1. The van der Waals surface area contributed by atoms with E-state index >= 15 is 0 Å². The van der Waals surface area contributed by atoms with E-state index in [0.717, 1.165) is 24.1 Å². The third-order valence-corrected chi connectivity index (χ3v) is 4.17. The largest absolute Gasteiger partial charge is 0.380 e. The summed E-state index contributed by atoms with van der Waals surface area (Å²) in [5.74, 6) is -0.0773. The zero-order chi connectivity index (χ0) is 15.4. The average Bonchev–Trinajstić information content (AvgIpc) is 2.81. The summed E-state index contributed by atoms with van der Waals surface area (Å²) in [6.07, 6.45) is 1.99. The van der Waals surface area contributed by atoms with E-state index in [0.29, 0.717) is 16.6 Å². The van der Waals surface area contributed by atoms with Gasteiger partial charge in [-0.3, -0.25) is 4.79 Å². The second-order valence-electron chi connectivity index (χ2n) is 5.05. The summed E-state index contributed by atoms with van der Waals surface area (Å²) in [7, 11) is 1.49. The van der Waals surface area contributed by atoms with Crippen LogP contribution in [0, 0.1) is 5.92 Å². The molecule has 0 aromatic carbocycles. The molecule has 4 nitrogen and oxygen atoms in total. The second-order valence-corrected chi connectivity index (χ2v) is 5.81. The van der Waals surface area contributed by atoms with Crippen molar-refractivity contribution in [2.24, 2.45) is 5.92 Å². The maximum atomic E-state index is 11.6. The van der Waals surface area contributed by atoms with E-state index in [1.54, 1.807) is 0 Å². The van der Waals surface area contributed by atoms with Gasteiger partial charge in [-0.25, -0.2) is 0 Å². The van der Waals surface area contributed by atoms with Crippen LogP contribution in [0.5, 0.6) is 0 Å². The van der Waals surface area contributed by atoms with E-state index in [9.17, 15) is 4.79 Å². The van der Waals surface area contributed by atoms with Crippen molar-refractivity contribution >= 4 is 29.1 Å². The van der Waals surface area contributed by atoms with Crippen LogP contribution >= 0.6 is 23.2 Å². The highest BCUT2D eigenvalue weighted by Gasteiger charge is 2.37. The van der Waals surface area contributed by atoms with Crippen LogP contribution in [-0.2, 0) is 9.53 Å². The molecule has 1 aliphatic heterocycles. The predicted octanol–water partition coefficient (Wildman–Crippen LogP) is 2.40. The second kappa shape index (κ2) is 7.22. The fourth-order valence-corrected chi connectivity index (χ4v) is 3.16. The van der Waals surface area contributed by atoms with E-state index in [1.807, 2.05) is 0 Å². The number of nitrogens with one attached hydrogen (secondary N) is 2. The quantitative estimate of drug-likeness (QED) is 0.736. The lowest BCUT2D eigenvalue weighted by molar-refractivity contribution is -0.124. The van der Waals surface area contributed by atoms with Crippen LogP contribution in [0.15, 0.2) is 32.8 Å². The lowest BCUT2D eigenvalue weighted by Crippen LogP contribution is -2.38. The zero-order valence-electron chi connectivity index (χ0n) is 12.1. The molecule has 2 aliphatic rings. The molecule has 0 aromatic rings. The lowest BCUT2D eigenvalue weighted by Gasteiger charge is -2.22. The predicted molar refractivity (Wildman–Crippen MR) is 83.0 cm³/mol. The van der Waals surface area contributed by atoms with Crippen LogP contribution in [-0.4, -0.2) is 32.2 Å². The van der Waals surface area contributed by atoms with Gasteiger partial charge in [-0.05, 0) is 17.9 Å². The summed E-state index contributed by atoms with van der Waals surface area (Å²) in [5, 5.41) is 7.27. The Labute approximate surface area is 134 Å². The number of rotatable bonds is 6. The molecular formula is C15H18Cl2N2O2. The van der Waals surface area contributed by atoms with Crippen LogP contribution in [0.25, 0.3) is 0 Å². The standard InChI is InChI=1S/C15H18Cl2N2O2/c1-3-4-12-9(7-18-13(20)8-21-2)14-10(16)5-6-11(17)15(14)19-12/h9,12,19H,3-4,7-8H2,1-2H3,(H,18,20). The average molecular weight is 329 g/mol. The number of carbonyl (C=O) groups is 1. The normalized spacial score (nSPS) is 23.4. The van der Waals surface area contributed by atoms with Crippen LogP contribution in [0.4, 0.5) is 0 Å². The molecule has 1 amide bonds. The number of allylic oxidation sites excluding steroid dienone is 2. The molecule has 0 spiro atoms. The van der Waals surface area contributed by atoms with Gasteiger partial charge in [-0.1, -0.05) is 36.5 Å². The van der Waals surface area contributed by atoms with Crippen LogP contribution in [0.2, 0.25) is 0 Å². The van der Waals surface area contributed by atoms with Crippen LogP contribution in [0.1, 0.15) is 19.8 Å². The van der Waals surface area contributed by atoms with Crippen LogP contribution < -0.4 is 10.6 Å². The minimum absolute atomic E-state index is 0.0502. The van der Waals surface area contributed by atoms with Crippen molar-refractivity contribution in [3.05, 3.63) is 32.8 Å². The summed E-state index contributed by atoms with van der Waals surface area (Å²) in [6.45, 7) is 2.65. The van der Waals surface area contributed by atoms with Gasteiger partial charge in [0.15, 0.2) is 0 Å². The Morgan fingerprint density at radius 1 is 1.38 bits per heavy atom. The first kappa shape index (κ1) is 16.2. The summed E-state index contributed by atoms with van der Waals surface area (Å²) in [6, 6.07) is 0.187. The summed E-state index contributed by atoms with van der Waals surface area (Å²) in [4.78, 5) is 11.6. The van der Waals surface area contributed by atoms with E-state index < -0.39 is 0 Å². The topological polar surface area (TPSA) is 50.4 Å². The molecule has 6 heteroatoms. The SMILES string of the molecule is CCCC1NC2=C(C(Cl)=C=C=C2Cl)C1CNC(=O)COC. The Kier molecular flexibility index (Phi) is 5.58. The minimum atomic E-state index is -0.144. The monoisotopic (exact) mass is 328 g/mol.